The molecule has 0 spiro atoms. The van der Waals surface area contributed by atoms with Gasteiger partial charge in [0.1, 0.15) is 0 Å². The molecule has 0 bridgehead atoms. The quantitative estimate of drug-likeness (QED) is 0.786. The monoisotopic (exact) mass is 267 g/mol. The molecular weight excluding hydrogens is 238 g/mol. The van der Waals surface area contributed by atoms with Crippen LogP contribution in [0.3, 0.4) is 0 Å². The molecule has 1 atom stereocenters. The first-order valence-corrected chi connectivity index (χ1v) is 7.44. The highest BCUT2D eigenvalue weighted by atomic mass is 16.5. The van der Waals surface area contributed by atoms with Gasteiger partial charge in [-0.3, -0.25) is 4.68 Å². The van der Waals surface area contributed by atoms with Crippen LogP contribution >= 0.6 is 0 Å². The van der Waals surface area contributed by atoms with E-state index in [2.05, 4.69) is 39.3 Å². The summed E-state index contributed by atoms with van der Waals surface area (Å²) in [7, 11) is 0. The molecule has 0 fully saturated rings. The fraction of sp³-hybridized carbons (Fsp3) is 0.800. The van der Waals surface area contributed by atoms with Crippen LogP contribution in [-0.2, 0) is 30.5 Å². The molecule has 0 saturated heterocycles. The van der Waals surface area contributed by atoms with Gasteiger partial charge in [0.25, 0.3) is 0 Å². The molecule has 4 heteroatoms. The molecule has 1 rings (SSSR count). The van der Waals surface area contributed by atoms with E-state index >= 15 is 0 Å². The molecule has 1 unspecified atom stereocenters. The Labute approximate surface area is 117 Å². The van der Waals surface area contributed by atoms with E-state index in [0.29, 0.717) is 6.61 Å². The van der Waals surface area contributed by atoms with Crippen molar-refractivity contribution < 1.29 is 4.74 Å². The summed E-state index contributed by atoms with van der Waals surface area (Å²) in [5, 5.41) is 4.73. The largest absolute Gasteiger partial charge is 0.377 e. The molecular formula is C15H29N3O. The lowest BCUT2D eigenvalue weighted by Gasteiger charge is -2.11. The van der Waals surface area contributed by atoms with E-state index in [9.17, 15) is 0 Å². The van der Waals surface area contributed by atoms with Crippen LogP contribution in [0.2, 0.25) is 0 Å². The van der Waals surface area contributed by atoms with Gasteiger partial charge in [-0.05, 0) is 45.6 Å². The number of hydrogen-bond acceptors (Lipinski definition) is 3. The highest BCUT2D eigenvalue weighted by molar-refractivity contribution is 5.27. The van der Waals surface area contributed by atoms with Crippen LogP contribution in [0.1, 0.15) is 51.6 Å². The van der Waals surface area contributed by atoms with Crippen LogP contribution in [0.4, 0.5) is 0 Å². The molecule has 1 aromatic rings. The molecule has 4 nitrogen and oxygen atoms in total. The Morgan fingerprint density at radius 2 is 1.89 bits per heavy atom. The zero-order chi connectivity index (χ0) is 14.4. The number of aromatic nitrogens is 2. The maximum atomic E-state index is 5.96. The zero-order valence-electron chi connectivity index (χ0n) is 13.1. The van der Waals surface area contributed by atoms with Crippen LogP contribution in [0.15, 0.2) is 0 Å². The molecule has 0 aliphatic heterocycles. The highest BCUT2D eigenvalue weighted by Gasteiger charge is 2.16. The topological polar surface area (TPSA) is 53.1 Å². The Kier molecular flexibility index (Phi) is 6.52. The minimum atomic E-state index is 0.181. The number of aryl methyl sites for hydroxylation is 1. The van der Waals surface area contributed by atoms with Gasteiger partial charge in [0, 0.05) is 11.7 Å². The van der Waals surface area contributed by atoms with Crippen molar-refractivity contribution in [3.8, 4) is 0 Å². The SMILES string of the molecule is CCc1nn(CCOC(C)C)c(CC)c1CC(C)N. The molecule has 2 N–H and O–H groups in total. The van der Waals surface area contributed by atoms with Gasteiger partial charge >= 0.3 is 0 Å². The summed E-state index contributed by atoms with van der Waals surface area (Å²) in [5.41, 5.74) is 9.82. The first-order valence-electron chi connectivity index (χ1n) is 7.44. The predicted molar refractivity (Wildman–Crippen MR) is 79.4 cm³/mol. The van der Waals surface area contributed by atoms with Crippen LogP contribution in [0.25, 0.3) is 0 Å². The third-order valence-corrected chi connectivity index (χ3v) is 3.20. The summed E-state index contributed by atoms with van der Waals surface area (Å²) >= 11 is 0. The number of nitrogens with zero attached hydrogens (tertiary/aromatic N) is 2. The lowest BCUT2D eigenvalue weighted by atomic mass is 10.0. The first-order chi connectivity index (χ1) is 8.99. The Hall–Kier alpha value is -0.870. The van der Waals surface area contributed by atoms with E-state index in [1.807, 2.05) is 0 Å². The van der Waals surface area contributed by atoms with Crippen molar-refractivity contribution >= 4 is 0 Å². The minimum Gasteiger partial charge on any atom is -0.377 e. The van der Waals surface area contributed by atoms with Crippen LogP contribution < -0.4 is 5.73 Å². The average molecular weight is 267 g/mol. The van der Waals surface area contributed by atoms with E-state index in [4.69, 9.17) is 15.6 Å². The van der Waals surface area contributed by atoms with Crippen molar-refractivity contribution in [2.75, 3.05) is 6.61 Å². The second kappa shape index (κ2) is 7.65. The van der Waals surface area contributed by atoms with Crippen molar-refractivity contribution in [2.45, 2.75) is 72.6 Å². The van der Waals surface area contributed by atoms with Gasteiger partial charge in [0.05, 0.1) is 24.9 Å². The normalized spacial score (nSPS) is 13.2. The maximum absolute atomic E-state index is 5.96. The van der Waals surface area contributed by atoms with Gasteiger partial charge in [-0.2, -0.15) is 5.10 Å². The smallest absolute Gasteiger partial charge is 0.0666 e. The van der Waals surface area contributed by atoms with Gasteiger partial charge in [-0.1, -0.05) is 13.8 Å². The van der Waals surface area contributed by atoms with E-state index in [0.717, 1.165) is 25.8 Å². The molecule has 0 aliphatic rings. The van der Waals surface area contributed by atoms with Gasteiger partial charge in [0.15, 0.2) is 0 Å². The third kappa shape index (κ3) is 4.62. The molecule has 1 aromatic heterocycles. The minimum absolute atomic E-state index is 0.181. The van der Waals surface area contributed by atoms with Crippen LogP contribution in [-0.4, -0.2) is 28.5 Å². The van der Waals surface area contributed by atoms with Gasteiger partial charge in [0.2, 0.25) is 0 Å². The fourth-order valence-corrected chi connectivity index (χ4v) is 2.39. The van der Waals surface area contributed by atoms with Gasteiger partial charge in [-0.15, -0.1) is 0 Å². The van der Waals surface area contributed by atoms with E-state index in [1.54, 1.807) is 0 Å². The molecule has 0 amide bonds. The third-order valence-electron chi connectivity index (χ3n) is 3.20. The van der Waals surface area contributed by atoms with E-state index < -0.39 is 0 Å². The van der Waals surface area contributed by atoms with Crippen LogP contribution in [0.5, 0.6) is 0 Å². The first kappa shape index (κ1) is 16.2. The lowest BCUT2D eigenvalue weighted by Crippen LogP contribution is -2.19. The fourth-order valence-electron chi connectivity index (χ4n) is 2.39. The molecule has 1 heterocycles. The van der Waals surface area contributed by atoms with E-state index in [1.165, 1.54) is 17.0 Å². The number of ether oxygens (including phenoxy) is 1. The summed E-state index contributed by atoms with van der Waals surface area (Å²) in [5.74, 6) is 0. The standard InChI is InChI=1S/C15H29N3O/c1-6-14-13(10-12(5)16)15(7-2)18(17-14)8-9-19-11(3)4/h11-12H,6-10,16H2,1-5H3. The number of nitrogens with two attached hydrogens (primary N) is 1. The lowest BCUT2D eigenvalue weighted by molar-refractivity contribution is 0.0705. The summed E-state index contributed by atoms with van der Waals surface area (Å²) in [4.78, 5) is 0. The predicted octanol–water partition coefficient (Wildman–Crippen LogP) is 2.32. The van der Waals surface area contributed by atoms with Gasteiger partial charge in [-0.25, -0.2) is 0 Å². The maximum Gasteiger partial charge on any atom is 0.0666 e. The Morgan fingerprint density at radius 3 is 2.37 bits per heavy atom. The van der Waals surface area contributed by atoms with Crippen molar-refractivity contribution in [2.24, 2.45) is 5.73 Å². The number of hydrogen-bond donors (Lipinski definition) is 1. The Morgan fingerprint density at radius 1 is 1.21 bits per heavy atom. The summed E-state index contributed by atoms with van der Waals surface area (Å²) in [6, 6.07) is 0.181. The second-order valence-electron chi connectivity index (χ2n) is 5.40. The van der Waals surface area contributed by atoms with Crippen molar-refractivity contribution in [1.82, 2.24) is 9.78 Å². The van der Waals surface area contributed by atoms with Crippen molar-refractivity contribution in [3.05, 3.63) is 17.0 Å². The van der Waals surface area contributed by atoms with E-state index in [-0.39, 0.29) is 12.1 Å². The van der Waals surface area contributed by atoms with Crippen molar-refractivity contribution in [1.29, 1.82) is 0 Å². The molecule has 0 aromatic carbocycles. The Balaban J connectivity index is 2.88. The van der Waals surface area contributed by atoms with Crippen LogP contribution in [0, 0.1) is 0 Å². The highest BCUT2D eigenvalue weighted by Crippen LogP contribution is 2.18. The summed E-state index contributed by atoms with van der Waals surface area (Å²) < 4.78 is 7.73. The molecule has 110 valence electrons. The van der Waals surface area contributed by atoms with Gasteiger partial charge < -0.3 is 10.5 Å². The zero-order valence-corrected chi connectivity index (χ0v) is 13.1. The Bertz CT molecular complexity index is 383. The number of rotatable bonds is 8. The molecule has 0 radical (unpaired) electrons. The summed E-state index contributed by atoms with van der Waals surface area (Å²) in [6.07, 6.45) is 3.15. The molecule has 19 heavy (non-hydrogen) atoms. The summed E-state index contributed by atoms with van der Waals surface area (Å²) in [6.45, 7) is 12.0. The molecule has 0 saturated carbocycles. The average Bonchev–Trinajstić information content (AvgIpc) is 2.65. The van der Waals surface area contributed by atoms with Crippen molar-refractivity contribution in [3.63, 3.8) is 0 Å². The molecule has 0 aliphatic carbocycles. The second-order valence-corrected chi connectivity index (χ2v) is 5.40.